The molecule has 6 nitrogen and oxygen atoms in total. The largest absolute Gasteiger partial charge is 0.452 e. The second-order valence-electron chi connectivity index (χ2n) is 6.62. The first kappa shape index (κ1) is 23.4. The molecule has 0 saturated heterocycles. The van der Waals surface area contributed by atoms with Crippen LogP contribution in [0.15, 0.2) is 48.5 Å². The van der Waals surface area contributed by atoms with Gasteiger partial charge in [-0.05, 0) is 36.8 Å². The van der Waals surface area contributed by atoms with E-state index in [2.05, 4.69) is 5.10 Å². The number of carbonyl (C=O) groups excluding carboxylic acids is 2. The molecule has 0 atom stereocenters. The maximum Gasteiger partial charge on any atom is 0.331 e. The Kier molecular flexibility index (Phi) is 7.61. The van der Waals surface area contributed by atoms with Crippen LogP contribution >= 0.6 is 23.2 Å². The van der Waals surface area contributed by atoms with Gasteiger partial charge in [-0.15, -0.1) is 0 Å². The zero-order valence-corrected chi connectivity index (χ0v) is 18.3. The smallest absolute Gasteiger partial charge is 0.331 e. The molecule has 10 heteroatoms. The van der Waals surface area contributed by atoms with Crippen molar-refractivity contribution in [3.8, 4) is 0 Å². The van der Waals surface area contributed by atoms with E-state index in [1.54, 1.807) is 17.7 Å². The number of benzene rings is 2. The Morgan fingerprint density at radius 3 is 2.50 bits per heavy atom. The molecule has 0 aliphatic carbocycles. The van der Waals surface area contributed by atoms with Gasteiger partial charge in [-0.2, -0.15) is 5.10 Å². The molecule has 0 radical (unpaired) electrons. The van der Waals surface area contributed by atoms with E-state index in [-0.39, 0.29) is 0 Å². The molecule has 0 fully saturated rings. The zero-order valence-electron chi connectivity index (χ0n) is 16.7. The summed E-state index contributed by atoms with van der Waals surface area (Å²) in [6, 6.07) is 10.4. The van der Waals surface area contributed by atoms with E-state index in [0.29, 0.717) is 28.0 Å². The first-order valence-corrected chi connectivity index (χ1v) is 10.1. The lowest BCUT2D eigenvalue weighted by atomic mass is 10.2. The number of nitrogens with one attached hydrogen (secondary N) is 1. The third kappa shape index (κ3) is 5.72. The van der Waals surface area contributed by atoms with Crippen molar-refractivity contribution in [1.29, 1.82) is 0 Å². The van der Waals surface area contributed by atoms with Gasteiger partial charge in [0, 0.05) is 16.7 Å². The Bertz CT molecular complexity index is 1170. The molecule has 3 rings (SSSR count). The normalized spacial score (nSPS) is 11.0. The van der Waals surface area contributed by atoms with Gasteiger partial charge >= 0.3 is 5.97 Å². The third-order valence-electron chi connectivity index (χ3n) is 4.35. The van der Waals surface area contributed by atoms with Crippen LogP contribution in [-0.2, 0) is 20.9 Å². The maximum atomic E-state index is 13.6. The fraction of sp³-hybridized carbons (Fsp3) is 0.136. The molecule has 1 amide bonds. The van der Waals surface area contributed by atoms with Crippen LogP contribution in [0.4, 0.5) is 14.5 Å². The van der Waals surface area contributed by atoms with Crippen LogP contribution in [0.1, 0.15) is 16.8 Å². The summed E-state index contributed by atoms with van der Waals surface area (Å²) in [6.45, 7) is 1.33. The Hall–Kier alpha value is -3.23. The number of aryl methyl sites for hydroxylation is 1. The molecule has 2 aromatic carbocycles. The number of anilines is 1. The van der Waals surface area contributed by atoms with E-state index in [9.17, 15) is 18.4 Å². The molecular weight excluding hydrogens is 463 g/mol. The predicted molar refractivity (Wildman–Crippen MR) is 118 cm³/mol. The highest BCUT2D eigenvalue weighted by atomic mass is 35.5. The van der Waals surface area contributed by atoms with Crippen LogP contribution in [0.25, 0.3) is 6.08 Å². The summed E-state index contributed by atoms with van der Waals surface area (Å²) in [7, 11) is 0. The average Bonchev–Trinajstić information content (AvgIpc) is 3.02. The monoisotopic (exact) mass is 479 g/mol. The van der Waals surface area contributed by atoms with E-state index in [1.165, 1.54) is 6.08 Å². The fourth-order valence-corrected chi connectivity index (χ4v) is 3.27. The van der Waals surface area contributed by atoms with Crippen LogP contribution in [-0.4, -0.2) is 28.3 Å². The molecule has 166 valence electrons. The van der Waals surface area contributed by atoms with E-state index in [4.69, 9.17) is 27.9 Å². The molecule has 32 heavy (non-hydrogen) atoms. The second-order valence-corrected chi connectivity index (χ2v) is 7.39. The fourth-order valence-electron chi connectivity index (χ4n) is 2.78. The van der Waals surface area contributed by atoms with Crippen LogP contribution in [0, 0.1) is 18.6 Å². The number of rotatable bonds is 7. The number of nitrogens with zero attached hydrogens (tertiary/aromatic N) is 2. The van der Waals surface area contributed by atoms with Gasteiger partial charge in [-0.25, -0.2) is 18.3 Å². The molecule has 0 aliphatic rings. The number of aromatic nitrogens is 2. The molecule has 0 bridgehead atoms. The highest BCUT2D eigenvalue weighted by Crippen LogP contribution is 2.24. The summed E-state index contributed by atoms with van der Waals surface area (Å²) < 4.78 is 33.5. The van der Waals surface area contributed by atoms with Gasteiger partial charge in [0.25, 0.3) is 5.91 Å². The number of halogens is 4. The molecule has 3 aromatic rings. The van der Waals surface area contributed by atoms with Crippen molar-refractivity contribution >= 4 is 46.8 Å². The molecule has 1 heterocycles. The van der Waals surface area contributed by atoms with Gasteiger partial charge in [-0.3, -0.25) is 4.79 Å². The number of ether oxygens (including phenoxy) is 1. The standard InChI is InChI=1S/C22H17Cl2F2N3O3/c1-13-15(22(24)29(28-13)11-14-5-2-3-6-16(14)23)9-10-20(31)32-12-19(30)27-21-17(25)7-4-8-18(21)26/h2-10H,11-12H2,1H3,(H,27,30). The summed E-state index contributed by atoms with van der Waals surface area (Å²) in [5.41, 5.74) is 1.27. The topological polar surface area (TPSA) is 73.2 Å². The molecular formula is C22H17Cl2F2N3O3. The summed E-state index contributed by atoms with van der Waals surface area (Å²) >= 11 is 12.6. The lowest BCUT2D eigenvalue weighted by molar-refractivity contribution is -0.142. The summed E-state index contributed by atoms with van der Waals surface area (Å²) in [5, 5.41) is 7.24. The van der Waals surface area contributed by atoms with Crippen molar-refractivity contribution in [1.82, 2.24) is 9.78 Å². The number of para-hydroxylation sites is 1. The highest BCUT2D eigenvalue weighted by Gasteiger charge is 2.15. The van der Waals surface area contributed by atoms with E-state index in [1.807, 2.05) is 23.5 Å². The van der Waals surface area contributed by atoms with E-state index in [0.717, 1.165) is 29.8 Å². The minimum atomic E-state index is -0.941. The van der Waals surface area contributed by atoms with Crippen molar-refractivity contribution in [2.75, 3.05) is 11.9 Å². The molecule has 0 aliphatic heterocycles. The van der Waals surface area contributed by atoms with Gasteiger partial charge in [0.05, 0.1) is 12.2 Å². The van der Waals surface area contributed by atoms with E-state index < -0.39 is 35.8 Å². The lowest BCUT2D eigenvalue weighted by Crippen LogP contribution is -2.21. The van der Waals surface area contributed by atoms with Gasteiger partial charge < -0.3 is 10.1 Å². The minimum Gasteiger partial charge on any atom is -0.452 e. The van der Waals surface area contributed by atoms with Crippen molar-refractivity contribution < 1.29 is 23.1 Å². The second kappa shape index (κ2) is 10.4. The highest BCUT2D eigenvalue weighted by molar-refractivity contribution is 6.32. The minimum absolute atomic E-state index is 0.291. The SMILES string of the molecule is Cc1nn(Cc2ccccc2Cl)c(Cl)c1C=CC(=O)OCC(=O)Nc1c(F)cccc1F. The predicted octanol–water partition coefficient (Wildman–Crippen LogP) is 5.02. The van der Waals surface area contributed by atoms with Crippen LogP contribution in [0.2, 0.25) is 10.2 Å². The number of amides is 1. The Balaban J connectivity index is 1.60. The summed E-state index contributed by atoms with van der Waals surface area (Å²) in [6.07, 6.45) is 2.48. The van der Waals surface area contributed by atoms with Crippen molar-refractivity contribution in [2.24, 2.45) is 0 Å². The first-order chi connectivity index (χ1) is 15.3. The van der Waals surface area contributed by atoms with Gasteiger partial charge in [0.1, 0.15) is 22.5 Å². The van der Waals surface area contributed by atoms with Gasteiger partial charge in [-0.1, -0.05) is 47.5 Å². The Morgan fingerprint density at radius 2 is 1.81 bits per heavy atom. The number of hydrogen-bond acceptors (Lipinski definition) is 4. The van der Waals surface area contributed by atoms with Crippen LogP contribution in [0.3, 0.4) is 0 Å². The molecule has 1 aromatic heterocycles. The molecule has 0 unspecified atom stereocenters. The molecule has 0 spiro atoms. The average molecular weight is 480 g/mol. The summed E-state index contributed by atoms with van der Waals surface area (Å²) in [5.74, 6) is -3.62. The number of esters is 1. The Labute approximate surface area is 192 Å². The lowest BCUT2D eigenvalue weighted by Gasteiger charge is -2.07. The van der Waals surface area contributed by atoms with Gasteiger partial charge in [0.2, 0.25) is 0 Å². The Morgan fingerprint density at radius 1 is 1.12 bits per heavy atom. The van der Waals surface area contributed by atoms with E-state index >= 15 is 0 Å². The number of hydrogen-bond donors (Lipinski definition) is 1. The van der Waals surface area contributed by atoms with Gasteiger partial charge in [0.15, 0.2) is 6.61 Å². The van der Waals surface area contributed by atoms with Crippen LogP contribution < -0.4 is 5.32 Å². The van der Waals surface area contributed by atoms with Crippen molar-refractivity contribution in [2.45, 2.75) is 13.5 Å². The first-order valence-electron chi connectivity index (χ1n) is 9.31. The number of carbonyl (C=O) groups is 2. The summed E-state index contributed by atoms with van der Waals surface area (Å²) in [4.78, 5) is 23.8. The van der Waals surface area contributed by atoms with Crippen molar-refractivity contribution in [3.05, 3.63) is 87.2 Å². The quantitative estimate of drug-likeness (QED) is 0.381. The third-order valence-corrected chi connectivity index (χ3v) is 5.11. The zero-order chi connectivity index (χ0) is 23.3. The molecule has 1 N–H and O–H groups in total. The maximum absolute atomic E-state index is 13.6. The molecule has 0 saturated carbocycles. The van der Waals surface area contributed by atoms with Crippen LogP contribution in [0.5, 0.6) is 0 Å². The van der Waals surface area contributed by atoms with Crippen molar-refractivity contribution in [3.63, 3.8) is 0 Å².